The molecule has 0 heterocycles. The molecule has 5 rings (SSSR count). The minimum atomic E-state index is -0.225. The van der Waals surface area contributed by atoms with E-state index in [0.717, 1.165) is 95.5 Å². The standard InChI is InChI=1S/C32H42O6/c1-20-10-15-27-26(29(34)19-38-32(36)24-8-4-5-9-24)17-16-25(30(20)27)21-11-13-22(14-12-21)28(33)18-37-31(35)23-6-2-3-7-23/h16-17,20-24H,2-15,18-19H2,1H3. The number of rotatable bonds is 9. The predicted octanol–water partition coefficient (Wildman–Crippen LogP) is 6.23. The van der Waals surface area contributed by atoms with Crippen LogP contribution in [0.1, 0.15) is 129 Å². The lowest BCUT2D eigenvalue weighted by atomic mass is 9.74. The summed E-state index contributed by atoms with van der Waals surface area (Å²) in [5.74, 6) is 0.199. The van der Waals surface area contributed by atoms with Crippen LogP contribution >= 0.6 is 0 Å². The number of hydrogen-bond acceptors (Lipinski definition) is 6. The summed E-state index contributed by atoms with van der Waals surface area (Å²) < 4.78 is 10.8. The summed E-state index contributed by atoms with van der Waals surface area (Å²) in [6, 6.07) is 4.06. The molecule has 0 radical (unpaired) electrons. The van der Waals surface area contributed by atoms with E-state index < -0.39 is 0 Å². The number of carbonyl (C=O) groups is 4. The van der Waals surface area contributed by atoms with Crippen molar-refractivity contribution in [2.24, 2.45) is 17.8 Å². The van der Waals surface area contributed by atoms with Crippen molar-refractivity contribution in [3.63, 3.8) is 0 Å². The first-order valence-corrected chi connectivity index (χ1v) is 15.0. The summed E-state index contributed by atoms with van der Waals surface area (Å²) in [5.41, 5.74) is 4.47. The average Bonchev–Trinajstić information content (AvgIpc) is 3.73. The van der Waals surface area contributed by atoms with Crippen LogP contribution in [0.15, 0.2) is 12.1 Å². The maximum Gasteiger partial charge on any atom is 0.309 e. The molecule has 0 aliphatic heterocycles. The molecular formula is C32H42O6. The van der Waals surface area contributed by atoms with Gasteiger partial charge in [0, 0.05) is 11.5 Å². The molecule has 3 saturated carbocycles. The molecule has 1 unspecified atom stereocenters. The Kier molecular flexibility index (Phi) is 8.64. The fourth-order valence-electron chi connectivity index (χ4n) is 7.42. The number of carbonyl (C=O) groups excluding carboxylic acids is 4. The maximum absolute atomic E-state index is 13.1. The second-order valence-corrected chi connectivity index (χ2v) is 12.2. The van der Waals surface area contributed by atoms with E-state index >= 15 is 0 Å². The third-order valence-electron chi connectivity index (χ3n) is 9.71. The summed E-state index contributed by atoms with van der Waals surface area (Å²) in [6.07, 6.45) is 13.2. The Balaban J connectivity index is 1.18. The largest absolute Gasteiger partial charge is 0.457 e. The van der Waals surface area contributed by atoms with Gasteiger partial charge in [-0.1, -0.05) is 44.7 Å². The first-order valence-electron chi connectivity index (χ1n) is 15.0. The van der Waals surface area contributed by atoms with Gasteiger partial charge in [0.25, 0.3) is 0 Å². The molecule has 6 nitrogen and oxygen atoms in total. The molecule has 38 heavy (non-hydrogen) atoms. The summed E-state index contributed by atoms with van der Waals surface area (Å²) in [6.45, 7) is 1.98. The van der Waals surface area contributed by atoms with Gasteiger partial charge in [-0.25, -0.2) is 0 Å². The highest BCUT2D eigenvalue weighted by Crippen LogP contribution is 2.45. The lowest BCUT2D eigenvalue weighted by Crippen LogP contribution is -2.27. The van der Waals surface area contributed by atoms with Gasteiger partial charge in [-0.3, -0.25) is 19.2 Å². The molecule has 0 N–H and O–H groups in total. The van der Waals surface area contributed by atoms with E-state index in [1.54, 1.807) is 0 Å². The Labute approximate surface area is 226 Å². The van der Waals surface area contributed by atoms with Crippen molar-refractivity contribution in [2.75, 3.05) is 13.2 Å². The fraction of sp³-hybridized carbons (Fsp3) is 0.688. The maximum atomic E-state index is 13.1. The smallest absolute Gasteiger partial charge is 0.309 e. The van der Waals surface area contributed by atoms with E-state index in [-0.39, 0.29) is 54.5 Å². The van der Waals surface area contributed by atoms with Gasteiger partial charge in [-0.2, -0.15) is 0 Å². The van der Waals surface area contributed by atoms with E-state index in [0.29, 0.717) is 17.4 Å². The molecule has 206 valence electrons. The second-order valence-electron chi connectivity index (χ2n) is 12.2. The summed E-state index contributed by atoms with van der Waals surface area (Å²) in [7, 11) is 0. The SMILES string of the molecule is CC1CCc2c(C(=O)COC(=O)C3CCCC3)ccc(C3CCC(C(=O)COC(=O)C4CCCC4)CC3)c21. The second kappa shape index (κ2) is 12.1. The molecule has 1 atom stereocenters. The Bertz CT molecular complexity index is 1050. The van der Waals surface area contributed by atoms with Gasteiger partial charge in [0.1, 0.15) is 6.61 Å². The quantitative estimate of drug-likeness (QED) is 0.282. The van der Waals surface area contributed by atoms with Crippen LogP contribution in [0.25, 0.3) is 0 Å². The Morgan fingerprint density at radius 1 is 0.711 bits per heavy atom. The number of ether oxygens (including phenoxy) is 2. The Morgan fingerprint density at radius 3 is 1.89 bits per heavy atom. The molecule has 0 saturated heterocycles. The molecular weight excluding hydrogens is 480 g/mol. The lowest BCUT2D eigenvalue weighted by molar-refractivity contribution is -0.153. The van der Waals surface area contributed by atoms with Crippen molar-refractivity contribution >= 4 is 23.5 Å². The highest BCUT2D eigenvalue weighted by molar-refractivity contribution is 6.00. The van der Waals surface area contributed by atoms with Crippen molar-refractivity contribution in [2.45, 2.75) is 109 Å². The van der Waals surface area contributed by atoms with Gasteiger partial charge < -0.3 is 9.47 Å². The van der Waals surface area contributed by atoms with Crippen molar-refractivity contribution in [1.82, 2.24) is 0 Å². The molecule has 0 aromatic heterocycles. The zero-order valence-electron chi connectivity index (χ0n) is 22.8. The number of benzene rings is 1. The van der Waals surface area contributed by atoms with E-state index in [4.69, 9.17) is 9.47 Å². The summed E-state index contributed by atoms with van der Waals surface area (Å²) in [5, 5.41) is 0. The average molecular weight is 523 g/mol. The first kappa shape index (κ1) is 27.1. The van der Waals surface area contributed by atoms with Gasteiger partial charge in [-0.15, -0.1) is 0 Å². The number of esters is 2. The van der Waals surface area contributed by atoms with Crippen LogP contribution in [0.2, 0.25) is 0 Å². The number of fused-ring (bicyclic) bond motifs is 1. The van der Waals surface area contributed by atoms with Crippen molar-refractivity contribution in [3.8, 4) is 0 Å². The molecule has 3 fully saturated rings. The lowest BCUT2D eigenvalue weighted by Gasteiger charge is -2.30. The monoisotopic (exact) mass is 522 g/mol. The van der Waals surface area contributed by atoms with Crippen LogP contribution in [0, 0.1) is 17.8 Å². The van der Waals surface area contributed by atoms with Crippen LogP contribution in [-0.2, 0) is 30.3 Å². The van der Waals surface area contributed by atoms with Gasteiger partial charge in [0.15, 0.2) is 12.4 Å². The Morgan fingerprint density at radius 2 is 1.29 bits per heavy atom. The third kappa shape index (κ3) is 5.89. The fourth-order valence-corrected chi connectivity index (χ4v) is 7.42. The zero-order valence-corrected chi connectivity index (χ0v) is 22.8. The molecule has 1 aromatic carbocycles. The van der Waals surface area contributed by atoms with Crippen LogP contribution < -0.4 is 0 Å². The molecule has 0 bridgehead atoms. The highest BCUT2D eigenvalue weighted by Gasteiger charge is 2.34. The van der Waals surface area contributed by atoms with Crippen molar-refractivity contribution < 1.29 is 28.7 Å². The van der Waals surface area contributed by atoms with E-state index in [1.807, 2.05) is 6.07 Å². The van der Waals surface area contributed by atoms with Crippen molar-refractivity contribution in [1.29, 1.82) is 0 Å². The number of ketones is 2. The van der Waals surface area contributed by atoms with Crippen molar-refractivity contribution in [3.05, 3.63) is 34.4 Å². The predicted molar refractivity (Wildman–Crippen MR) is 143 cm³/mol. The number of hydrogen-bond donors (Lipinski definition) is 0. The summed E-state index contributed by atoms with van der Waals surface area (Å²) in [4.78, 5) is 50.4. The molecule has 4 aliphatic carbocycles. The van der Waals surface area contributed by atoms with Gasteiger partial charge in [-0.05, 0) is 92.7 Å². The third-order valence-corrected chi connectivity index (χ3v) is 9.71. The van der Waals surface area contributed by atoms with Crippen LogP contribution in [0.5, 0.6) is 0 Å². The molecule has 0 amide bonds. The van der Waals surface area contributed by atoms with E-state index in [2.05, 4.69) is 13.0 Å². The van der Waals surface area contributed by atoms with Crippen LogP contribution in [-0.4, -0.2) is 36.7 Å². The van der Waals surface area contributed by atoms with E-state index in [1.165, 1.54) is 11.1 Å². The van der Waals surface area contributed by atoms with Gasteiger partial charge in [0.05, 0.1) is 11.8 Å². The summed E-state index contributed by atoms with van der Waals surface area (Å²) >= 11 is 0. The highest BCUT2D eigenvalue weighted by atomic mass is 16.5. The van der Waals surface area contributed by atoms with E-state index in [9.17, 15) is 19.2 Å². The Hall–Kier alpha value is -2.50. The molecule has 0 spiro atoms. The molecule has 4 aliphatic rings. The minimum absolute atomic E-state index is 0.0168. The minimum Gasteiger partial charge on any atom is -0.457 e. The number of Topliss-reactive ketones (excluding diaryl/α,β-unsaturated/α-hetero) is 2. The van der Waals surface area contributed by atoms with Crippen LogP contribution in [0.4, 0.5) is 0 Å². The van der Waals surface area contributed by atoms with Crippen LogP contribution in [0.3, 0.4) is 0 Å². The molecule has 1 aromatic rings. The topological polar surface area (TPSA) is 86.7 Å². The first-order chi connectivity index (χ1) is 18.4. The van der Waals surface area contributed by atoms with Gasteiger partial charge >= 0.3 is 11.9 Å². The van der Waals surface area contributed by atoms with Gasteiger partial charge in [0.2, 0.25) is 5.78 Å². The normalized spacial score (nSPS) is 25.8. The molecule has 6 heteroatoms. The zero-order chi connectivity index (χ0) is 26.6.